The summed E-state index contributed by atoms with van der Waals surface area (Å²) in [6.07, 6.45) is 43.9. The highest BCUT2D eigenvalue weighted by Crippen LogP contribution is 2.25. The molecule has 0 aliphatic rings. The van der Waals surface area contributed by atoms with Gasteiger partial charge in [0.05, 0.1) is 6.61 Å². The number of carbonyl (C=O) groups is 1. The number of nitrogens with two attached hydrogens (primary N) is 1. The summed E-state index contributed by atoms with van der Waals surface area (Å²) in [4.78, 5) is 14.7. The maximum absolute atomic E-state index is 12.1. The Morgan fingerprint density at radius 3 is 1.36 bits per heavy atom. The van der Waals surface area contributed by atoms with Gasteiger partial charge in [-0.15, -0.1) is 0 Å². The molecule has 5 heteroatoms. The van der Waals surface area contributed by atoms with Crippen LogP contribution in [-0.4, -0.2) is 56.7 Å². The normalized spacial score (nSPS) is 11.7. The number of hydrogen-bond acceptors (Lipinski definition) is 5. The number of carbonyl (C=O) groups excluding carboxylic acids is 1. The molecule has 3 N–H and O–H groups in total. The zero-order valence-electron chi connectivity index (χ0n) is 34.7. The van der Waals surface area contributed by atoms with Crippen LogP contribution in [0.5, 0.6) is 0 Å². The first-order valence-electron chi connectivity index (χ1n) is 23.0. The second-order valence-corrected chi connectivity index (χ2v) is 15.8. The number of hydrogen-bond donors (Lipinski definition) is 2. The van der Waals surface area contributed by atoms with Gasteiger partial charge in [0, 0.05) is 32.6 Å². The van der Waals surface area contributed by atoms with Crippen LogP contribution in [0, 0.1) is 5.92 Å². The minimum Gasteiger partial charge on any atom is -0.466 e. The molecule has 0 rings (SSSR count). The molecule has 0 amide bonds. The maximum Gasteiger partial charge on any atom is 0.305 e. The van der Waals surface area contributed by atoms with Crippen LogP contribution >= 0.6 is 0 Å². The van der Waals surface area contributed by atoms with Gasteiger partial charge in [0.25, 0.3) is 0 Å². The Labute approximate surface area is 315 Å². The second-order valence-electron chi connectivity index (χ2n) is 15.8. The summed E-state index contributed by atoms with van der Waals surface area (Å²) in [6.45, 7) is 13.7. The molecule has 0 atom stereocenters. The van der Waals surface area contributed by atoms with E-state index in [-0.39, 0.29) is 5.97 Å². The van der Waals surface area contributed by atoms with Crippen LogP contribution in [0.15, 0.2) is 0 Å². The van der Waals surface area contributed by atoms with Crippen LogP contribution in [0.25, 0.3) is 0 Å². The fourth-order valence-electron chi connectivity index (χ4n) is 7.41. The van der Waals surface area contributed by atoms with Gasteiger partial charge in [-0.1, -0.05) is 201 Å². The molecular formula is C45H93N3O2. The predicted molar refractivity (Wildman–Crippen MR) is 222 cm³/mol. The third-order valence-electron chi connectivity index (χ3n) is 10.8. The van der Waals surface area contributed by atoms with Crippen molar-refractivity contribution in [1.82, 2.24) is 10.2 Å². The van der Waals surface area contributed by atoms with E-state index in [1.165, 1.54) is 199 Å². The van der Waals surface area contributed by atoms with Crippen molar-refractivity contribution >= 4 is 5.97 Å². The van der Waals surface area contributed by atoms with E-state index >= 15 is 0 Å². The van der Waals surface area contributed by atoms with E-state index in [4.69, 9.17) is 10.5 Å². The van der Waals surface area contributed by atoms with Crippen LogP contribution in [0.3, 0.4) is 0 Å². The van der Waals surface area contributed by atoms with Crippen molar-refractivity contribution in [2.24, 2.45) is 11.7 Å². The Bertz CT molecular complexity index is 630. The van der Waals surface area contributed by atoms with Gasteiger partial charge in [0.15, 0.2) is 0 Å². The highest BCUT2D eigenvalue weighted by molar-refractivity contribution is 5.69. The van der Waals surface area contributed by atoms with Crippen molar-refractivity contribution in [3.8, 4) is 0 Å². The second kappa shape index (κ2) is 42.8. The first-order chi connectivity index (χ1) is 24.7. The molecule has 0 bridgehead atoms. The molecule has 0 spiro atoms. The standard InChI is InChI=1S/C45H93N3O2/c1-4-7-10-13-16-25-32-43-50-45(49)36-29-22-18-24-31-41-48(42-39-47-38-37-46)40-30-23-17-21-28-35-44(33-26-19-14-11-8-5-2)34-27-20-15-12-9-6-3/h44,47H,4-43,46H2,1-3H3. The fraction of sp³-hybridized carbons (Fsp3) is 0.978. The minimum absolute atomic E-state index is 0.00767. The van der Waals surface area contributed by atoms with Crippen molar-refractivity contribution in [2.45, 2.75) is 233 Å². The first-order valence-corrected chi connectivity index (χ1v) is 23.0. The Hall–Kier alpha value is -0.650. The van der Waals surface area contributed by atoms with Crippen LogP contribution in [0.1, 0.15) is 233 Å². The Morgan fingerprint density at radius 1 is 0.500 bits per heavy atom. The average Bonchev–Trinajstić information content (AvgIpc) is 3.12. The Kier molecular flexibility index (Phi) is 42.2. The fourth-order valence-corrected chi connectivity index (χ4v) is 7.41. The lowest BCUT2D eigenvalue weighted by molar-refractivity contribution is -0.143. The third kappa shape index (κ3) is 38.6. The van der Waals surface area contributed by atoms with Gasteiger partial charge in [0.1, 0.15) is 0 Å². The van der Waals surface area contributed by atoms with Gasteiger partial charge in [-0.05, 0) is 44.7 Å². The number of ether oxygens (including phenoxy) is 1. The van der Waals surface area contributed by atoms with Crippen molar-refractivity contribution in [3.05, 3.63) is 0 Å². The zero-order chi connectivity index (χ0) is 36.4. The first kappa shape index (κ1) is 49.4. The SMILES string of the molecule is CCCCCCCCCOC(=O)CCCCCCCN(CCCCCCCC(CCCCCCCC)CCCCCCCC)CCNCCN. The van der Waals surface area contributed by atoms with Gasteiger partial charge in [-0.25, -0.2) is 0 Å². The number of esters is 1. The number of unbranched alkanes of at least 4 members (excludes halogenated alkanes) is 24. The monoisotopic (exact) mass is 708 g/mol. The van der Waals surface area contributed by atoms with Crippen molar-refractivity contribution in [2.75, 3.05) is 45.9 Å². The van der Waals surface area contributed by atoms with Crippen LogP contribution in [-0.2, 0) is 9.53 Å². The zero-order valence-corrected chi connectivity index (χ0v) is 34.7. The summed E-state index contributed by atoms with van der Waals surface area (Å²) < 4.78 is 5.46. The van der Waals surface area contributed by atoms with E-state index in [2.05, 4.69) is 31.0 Å². The molecule has 300 valence electrons. The Morgan fingerprint density at radius 2 is 0.900 bits per heavy atom. The van der Waals surface area contributed by atoms with E-state index in [9.17, 15) is 4.79 Å². The van der Waals surface area contributed by atoms with Gasteiger partial charge in [-0.3, -0.25) is 4.79 Å². The van der Waals surface area contributed by atoms with E-state index in [1.54, 1.807) is 0 Å². The summed E-state index contributed by atoms with van der Waals surface area (Å²) in [5.41, 5.74) is 5.70. The molecular weight excluding hydrogens is 615 g/mol. The lowest BCUT2D eigenvalue weighted by Crippen LogP contribution is -2.35. The summed E-state index contributed by atoms with van der Waals surface area (Å²) in [7, 11) is 0. The third-order valence-corrected chi connectivity index (χ3v) is 10.8. The van der Waals surface area contributed by atoms with Crippen LogP contribution in [0.4, 0.5) is 0 Å². The highest BCUT2D eigenvalue weighted by atomic mass is 16.5. The molecule has 0 aromatic heterocycles. The number of nitrogens with zero attached hydrogens (tertiary/aromatic N) is 1. The Balaban J connectivity index is 4.12. The molecule has 0 aromatic rings. The molecule has 0 aromatic carbocycles. The van der Waals surface area contributed by atoms with Crippen molar-refractivity contribution in [3.63, 3.8) is 0 Å². The highest BCUT2D eigenvalue weighted by Gasteiger charge is 2.10. The molecule has 0 unspecified atom stereocenters. The maximum atomic E-state index is 12.1. The number of rotatable bonds is 43. The van der Waals surface area contributed by atoms with Gasteiger partial charge >= 0.3 is 5.97 Å². The smallest absolute Gasteiger partial charge is 0.305 e. The largest absolute Gasteiger partial charge is 0.466 e. The molecule has 0 heterocycles. The topological polar surface area (TPSA) is 67.6 Å². The average molecular weight is 708 g/mol. The van der Waals surface area contributed by atoms with Gasteiger partial charge < -0.3 is 20.7 Å². The molecule has 50 heavy (non-hydrogen) atoms. The minimum atomic E-state index is 0.00767. The predicted octanol–water partition coefficient (Wildman–Crippen LogP) is 12.9. The van der Waals surface area contributed by atoms with Crippen molar-refractivity contribution < 1.29 is 9.53 Å². The summed E-state index contributed by atoms with van der Waals surface area (Å²) in [5, 5.41) is 3.50. The molecule has 0 aliphatic carbocycles. The van der Waals surface area contributed by atoms with E-state index < -0.39 is 0 Å². The number of nitrogens with one attached hydrogen (secondary N) is 1. The van der Waals surface area contributed by atoms with E-state index in [0.717, 1.165) is 44.8 Å². The lowest BCUT2D eigenvalue weighted by atomic mass is 9.89. The summed E-state index contributed by atoms with van der Waals surface area (Å²) in [6, 6.07) is 0. The van der Waals surface area contributed by atoms with Gasteiger partial charge in [-0.2, -0.15) is 0 Å². The van der Waals surface area contributed by atoms with Gasteiger partial charge in [0.2, 0.25) is 0 Å². The molecule has 0 fully saturated rings. The molecule has 0 saturated heterocycles. The molecule has 0 aliphatic heterocycles. The quantitative estimate of drug-likeness (QED) is 0.0488. The van der Waals surface area contributed by atoms with Crippen LogP contribution < -0.4 is 11.1 Å². The summed E-state index contributed by atoms with van der Waals surface area (Å²) in [5.74, 6) is 0.991. The molecule has 0 saturated carbocycles. The van der Waals surface area contributed by atoms with E-state index in [1.807, 2.05) is 0 Å². The van der Waals surface area contributed by atoms with E-state index in [0.29, 0.717) is 19.6 Å². The lowest BCUT2D eigenvalue weighted by Gasteiger charge is -2.22. The van der Waals surface area contributed by atoms with Crippen molar-refractivity contribution in [1.29, 1.82) is 0 Å². The summed E-state index contributed by atoms with van der Waals surface area (Å²) >= 11 is 0. The molecule has 5 nitrogen and oxygen atoms in total. The molecule has 0 radical (unpaired) electrons. The van der Waals surface area contributed by atoms with Crippen LogP contribution in [0.2, 0.25) is 0 Å².